The highest BCUT2D eigenvalue weighted by Crippen LogP contribution is 2.13. The van der Waals surface area contributed by atoms with Crippen LogP contribution in [0.3, 0.4) is 0 Å². The molecule has 0 aliphatic heterocycles. The standard InChI is InChI=1S/C17H16O4/c18-12-14-2-6-16(7-3-14)20-10-1-11-21-17-8-4-15(13-19)5-9-17/h2-9,12-13H,1,10-11H2. The molecule has 108 valence electrons. The second-order valence-corrected chi connectivity index (χ2v) is 4.42. The van der Waals surface area contributed by atoms with E-state index in [9.17, 15) is 9.59 Å². The van der Waals surface area contributed by atoms with Gasteiger partial charge in [-0.3, -0.25) is 9.59 Å². The van der Waals surface area contributed by atoms with Crippen LogP contribution in [0.25, 0.3) is 0 Å². The Bertz CT molecular complexity index is 519. The third-order valence-corrected chi connectivity index (χ3v) is 2.86. The molecule has 0 radical (unpaired) electrons. The van der Waals surface area contributed by atoms with Crippen molar-refractivity contribution in [3.05, 3.63) is 59.7 Å². The second-order valence-electron chi connectivity index (χ2n) is 4.42. The van der Waals surface area contributed by atoms with Gasteiger partial charge in [0.2, 0.25) is 0 Å². The van der Waals surface area contributed by atoms with E-state index in [0.29, 0.717) is 24.3 Å². The summed E-state index contributed by atoms with van der Waals surface area (Å²) in [6.07, 6.45) is 2.34. The third-order valence-electron chi connectivity index (χ3n) is 2.86. The van der Waals surface area contributed by atoms with Crippen LogP contribution in [0.1, 0.15) is 27.1 Å². The van der Waals surface area contributed by atoms with Crippen LogP contribution >= 0.6 is 0 Å². The first kappa shape index (κ1) is 14.8. The molecule has 0 N–H and O–H groups in total. The second kappa shape index (κ2) is 7.85. The van der Waals surface area contributed by atoms with Crippen LogP contribution in [-0.2, 0) is 0 Å². The van der Waals surface area contributed by atoms with Crippen LogP contribution in [0.15, 0.2) is 48.5 Å². The van der Waals surface area contributed by atoms with E-state index in [1.807, 2.05) is 0 Å². The monoisotopic (exact) mass is 284 g/mol. The fourth-order valence-corrected chi connectivity index (χ4v) is 1.72. The number of aldehydes is 2. The fourth-order valence-electron chi connectivity index (χ4n) is 1.72. The van der Waals surface area contributed by atoms with E-state index >= 15 is 0 Å². The summed E-state index contributed by atoms with van der Waals surface area (Å²) in [7, 11) is 0. The predicted molar refractivity (Wildman–Crippen MR) is 79.3 cm³/mol. The van der Waals surface area contributed by atoms with E-state index in [0.717, 1.165) is 30.5 Å². The summed E-state index contributed by atoms with van der Waals surface area (Å²) in [4.78, 5) is 21.0. The van der Waals surface area contributed by atoms with Crippen molar-refractivity contribution < 1.29 is 19.1 Å². The molecule has 0 amide bonds. The molecule has 0 aliphatic carbocycles. The predicted octanol–water partition coefficient (Wildman–Crippen LogP) is 3.16. The van der Waals surface area contributed by atoms with Crippen molar-refractivity contribution in [1.82, 2.24) is 0 Å². The highest BCUT2D eigenvalue weighted by molar-refractivity contribution is 5.75. The van der Waals surface area contributed by atoms with E-state index in [-0.39, 0.29) is 0 Å². The van der Waals surface area contributed by atoms with Crippen LogP contribution in [0.2, 0.25) is 0 Å². The summed E-state index contributed by atoms with van der Waals surface area (Å²) < 4.78 is 11.1. The van der Waals surface area contributed by atoms with Gasteiger partial charge in [-0.2, -0.15) is 0 Å². The van der Waals surface area contributed by atoms with Crippen molar-refractivity contribution in [1.29, 1.82) is 0 Å². The Morgan fingerprint density at radius 1 is 0.667 bits per heavy atom. The first-order chi connectivity index (χ1) is 10.3. The average Bonchev–Trinajstić information content (AvgIpc) is 2.55. The molecular weight excluding hydrogens is 268 g/mol. The number of hydrogen-bond donors (Lipinski definition) is 0. The van der Waals surface area contributed by atoms with Gasteiger partial charge < -0.3 is 9.47 Å². The van der Waals surface area contributed by atoms with Crippen LogP contribution in [0, 0.1) is 0 Å². The zero-order valence-electron chi connectivity index (χ0n) is 11.5. The Kier molecular flexibility index (Phi) is 5.52. The topological polar surface area (TPSA) is 52.6 Å². The molecule has 21 heavy (non-hydrogen) atoms. The summed E-state index contributed by atoms with van der Waals surface area (Å²) in [5.41, 5.74) is 1.26. The lowest BCUT2D eigenvalue weighted by Gasteiger charge is -2.08. The van der Waals surface area contributed by atoms with E-state index in [1.165, 1.54) is 0 Å². The summed E-state index contributed by atoms with van der Waals surface area (Å²) in [5, 5.41) is 0. The zero-order chi connectivity index (χ0) is 14.9. The highest BCUT2D eigenvalue weighted by Gasteiger charge is 1.97. The lowest BCUT2D eigenvalue weighted by Crippen LogP contribution is -2.05. The number of hydrogen-bond acceptors (Lipinski definition) is 4. The van der Waals surface area contributed by atoms with E-state index in [1.54, 1.807) is 48.5 Å². The van der Waals surface area contributed by atoms with Crippen molar-refractivity contribution in [3.63, 3.8) is 0 Å². The molecule has 0 saturated carbocycles. The summed E-state index contributed by atoms with van der Waals surface area (Å²) >= 11 is 0. The van der Waals surface area contributed by atoms with Gasteiger partial charge in [0.1, 0.15) is 24.1 Å². The number of benzene rings is 2. The summed E-state index contributed by atoms with van der Waals surface area (Å²) in [5.74, 6) is 1.46. The Hall–Kier alpha value is -2.62. The quantitative estimate of drug-likeness (QED) is 0.552. The SMILES string of the molecule is O=Cc1ccc(OCCCOc2ccc(C=O)cc2)cc1. The molecule has 0 fully saturated rings. The fraction of sp³-hybridized carbons (Fsp3) is 0.176. The Balaban J connectivity index is 1.66. The molecule has 0 bridgehead atoms. The molecule has 0 unspecified atom stereocenters. The molecule has 0 aliphatic rings. The van der Waals surface area contributed by atoms with Crippen LogP contribution < -0.4 is 9.47 Å². The average molecular weight is 284 g/mol. The minimum absolute atomic E-state index is 0.535. The molecule has 0 spiro atoms. The highest BCUT2D eigenvalue weighted by atomic mass is 16.5. The zero-order valence-corrected chi connectivity index (χ0v) is 11.5. The largest absolute Gasteiger partial charge is 0.493 e. The van der Waals surface area contributed by atoms with Crippen molar-refractivity contribution in [2.75, 3.05) is 13.2 Å². The van der Waals surface area contributed by atoms with Gasteiger partial charge in [-0.1, -0.05) is 0 Å². The molecule has 0 heterocycles. The maximum Gasteiger partial charge on any atom is 0.150 e. The molecule has 2 aromatic rings. The first-order valence-corrected chi connectivity index (χ1v) is 6.68. The third kappa shape index (κ3) is 4.76. The first-order valence-electron chi connectivity index (χ1n) is 6.68. The normalized spacial score (nSPS) is 9.90. The maximum atomic E-state index is 10.5. The lowest BCUT2D eigenvalue weighted by atomic mass is 10.2. The van der Waals surface area contributed by atoms with Gasteiger partial charge in [-0.15, -0.1) is 0 Å². The molecular formula is C17H16O4. The van der Waals surface area contributed by atoms with Gasteiger partial charge in [-0.05, 0) is 48.5 Å². The van der Waals surface area contributed by atoms with Gasteiger partial charge >= 0.3 is 0 Å². The lowest BCUT2D eigenvalue weighted by molar-refractivity contribution is 0.111. The van der Waals surface area contributed by atoms with Gasteiger partial charge in [-0.25, -0.2) is 0 Å². The Morgan fingerprint density at radius 3 is 1.38 bits per heavy atom. The number of carbonyl (C=O) groups is 2. The minimum atomic E-state index is 0.535. The van der Waals surface area contributed by atoms with E-state index in [2.05, 4.69) is 0 Å². The van der Waals surface area contributed by atoms with Crippen molar-refractivity contribution in [2.45, 2.75) is 6.42 Å². The van der Waals surface area contributed by atoms with Crippen molar-refractivity contribution in [2.24, 2.45) is 0 Å². The molecule has 4 nitrogen and oxygen atoms in total. The Morgan fingerprint density at radius 2 is 1.05 bits per heavy atom. The molecule has 0 saturated heterocycles. The van der Waals surface area contributed by atoms with Crippen molar-refractivity contribution >= 4 is 12.6 Å². The van der Waals surface area contributed by atoms with Gasteiger partial charge in [0, 0.05) is 17.5 Å². The molecule has 0 atom stereocenters. The van der Waals surface area contributed by atoms with Crippen molar-refractivity contribution in [3.8, 4) is 11.5 Å². The molecule has 2 aromatic carbocycles. The Labute approximate surface area is 123 Å². The molecule has 0 aromatic heterocycles. The minimum Gasteiger partial charge on any atom is -0.493 e. The summed E-state index contributed by atoms with van der Waals surface area (Å²) in [6.45, 7) is 1.07. The number of ether oxygens (including phenoxy) is 2. The van der Waals surface area contributed by atoms with Gasteiger partial charge in [0.05, 0.1) is 13.2 Å². The van der Waals surface area contributed by atoms with Crippen LogP contribution in [0.4, 0.5) is 0 Å². The number of carbonyl (C=O) groups excluding carboxylic acids is 2. The summed E-state index contributed by atoms with van der Waals surface area (Å²) in [6, 6.07) is 13.9. The molecule has 4 heteroatoms. The smallest absolute Gasteiger partial charge is 0.150 e. The maximum absolute atomic E-state index is 10.5. The number of rotatable bonds is 8. The van der Waals surface area contributed by atoms with Crippen LogP contribution in [-0.4, -0.2) is 25.8 Å². The van der Waals surface area contributed by atoms with E-state index < -0.39 is 0 Å². The van der Waals surface area contributed by atoms with Gasteiger partial charge in [0.25, 0.3) is 0 Å². The van der Waals surface area contributed by atoms with E-state index in [4.69, 9.17) is 9.47 Å². The van der Waals surface area contributed by atoms with Gasteiger partial charge in [0.15, 0.2) is 0 Å². The van der Waals surface area contributed by atoms with Crippen LogP contribution in [0.5, 0.6) is 11.5 Å². The molecule has 2 rings (SSSR count).